The summed E-state index contributed by atoms with van der Waals surface area (Å²) >= 11 is 0. The van der Waals surface area contributed by atoms with Crippen LogP contribution in [-0.2, 0) is 20.6 Å². The van der Waals surface area contributed by atoms with Gasteiger partial charge in [-0.3, -0.25) is 14.5 Å². The highest BCUT2D eigenvalue weighted by Crippen LogP contribution is 2.46. The summed E-state index contributed by atoms with van der Waals surface area (Å²) in [5.41, 5.74) is 4.37. The van der Waals surface area contributed by atoms with E-state index in [1.54, 1.807) is 13.1 Å². The number of hydrogen-bond donors (Lipinski definition) is 1. The molecule has 0 radical (unpaired) electrons. The number of nitrogens with zero attached hydrogens (tertiary/aromatic N) is 5. The van der Waals surface area contributed by atoms with Crippen LogP contribution < -0.4 is 15.6 Å². The van der Waals surface area contributed by atoms with Crippen LogP contribution in [0.3, 0.4) is 0 Å². The van der Waals surface area contributed by atoms with Gasteiger partial charge < -0.3 is 10.1 Å². The van der Waals surface area contributed by atoms with Gasteiger partial charge in [0.25, 0.3) is 5.56 Å². The van der Waals surface area contributed by atoms with E-state index in [1.807, 2.05) is 43.9 Å². The van der Waals surface area contributed by atoms with E-state index in [9.17, 15) is 4.79 Å². The molecular formula is C21H26N6O2. The zero-order chi connectivity index (χ0) is 20.5. The molecule has 0 aromatic carbocycles. The number of anilines is 1. The van der Waals surface area contributed by atoms with Crippen molar-refractivity contribution in [3.8, 4) is 5.88 Å². The van der Waals surface area contributed by atoms with Crippen LogP contribution in [0.2, 0.25) is 0 Å². The summed E-state index contributed by atoms with van der Waals surface area (Å²) < 4.78 is 9.03. The number of aryl methyl sites for hydroxylation is 4. The Balaban J connectivity index is 1.40. The Labute approximate surface area is 169 Å². The lowest BCUT2D eigenvalue weighted by Crippen LogP contribution is -2.24. The minimum atomic E-state index is -0.187. The molecule has 3 aromatic heterocycles. The molecule has 0 bridgehead atoms. The highest BCUT2D eigenvalue weighted by atomic mass is 16.5. The molecule has 0 spiro atoms. The second kappa shape index (κ2) is 7.69. The van der Waals surface area contributed by atoms with E-state index in [0.29, 0.717) is 36.6 Å². The van der Waals surface area contributed by atoms with Gasteiger partial charge in [0, 0.05) is 56.1 Å². The van der Waals surface area contributed by atoms with Crippen molar-refractivity contribution in [1.29, 1.82) is 0 Å². The predicted octanol–water partition coefficient (Wildman–Crippen LogP) is 2.32. The van der Waals surface area contributed by atoms with Crippen LogP contribution in [0.5, 0.6) is 5.88 Å². The zero-order valence-corrected chi connectivity index (χ0v) is 17.2. The number of aromatic nitrogens is 5. The Morgan fingerprint density at radius 1 is 1.21 bits per heavy atom. The molecule has 1 aliphatic carbocycles. The van der Waals surface area contributed by atoms with Gasteiger partial charge in [-0.25, -0.2) is 4.68 Å². The molecule has 1 saturated carbocycles. The maximum Gasteiger partial charge on any atom is 0.290 e. The molecule has 1 N–H and O–H groups in total. The second-order valence-corrected chi connectivity index (χ2v) is 7.70. The second-order valence-electron chi connectivity index (χ2n) is 7.70. The van der Waals surface area contributed by atoms with E-state index in [0.717, 1.165) is 29.1 Å². The first-order chi connectivity index (χ1) is 13.9. The molecule has 1 aliphatic rings. The van der Waals surface area contributed by atoms with Crippen molar-refractivity contribution in [1.82, 2.24) is 24.5 Å². The van der Waals surface area contributed by atoms with Crippen molar-refractivity contribution in [2.75, 3.05) is 11.9 Å². The van der Waals surface area contributed by atoms with Crippen LogP contribution in [0.25, 0.3) is 0 Å². The summed E-state index contributed by atoms with van der Waals surface area (Å²) in [5, 5.41) is 11.9. The van der Waals surface area contributed by atoms with Crippen LogP contribution in [0.15, 0.2) is 35.3 Å². The molecule has 3 heterocycles. The highest BCUT2D eigenvalue weighted by molar-refractivity contribution is 5.44. The third kappa shape index (κ3) is 4.31. The van der Waals surface area contributed by atoms with Gasteiger partial charge in [-0.15, -0.1) is 5.10 Å². The molecule has 0 amide bonds. The lowest BCUT2D eigenvalue weighted by molar-refractivity contribution is 0.278. The van der Waals surface area contributed by atoms with Gasteiger partial charge in [-0.05, 0) is 38.0 Å². The first-order valence-electron chi connectivity index (χ1n) is 9.78. The van der Waals surface area contributed by atoms with Crippen molar-refractivity contribution in [3.63, 3.8) is 0 Å². The standard InChI is InChI=1S/C21H26N6O2/c1-13-5-6-15(14(2)23-13)11-22-19-10-20(25-27(4)21(19)28)29-12-16-9-17(16)18-7-8-26(3)24-18/h5-8,10,16-17,22H,9,11-12H2,1-4H3/t16?,17-/m1/s1. The van der Waals surface area contributed by atoms with E-state index in [4.69, 9.17) is 4.74 Å². The zero-order valence-electron chi connectivity index (χ0n) is 17.2. The summed E-state index contributed by atoms with van der Waals surface area (Å²) in [6, 6.07) is 7.73. The summed E-state index contributed by atoms with van der Waals surface area (Å²) in [6.45, 7) is 5.01. The molecule has 29 heavy (non-hydrogen) atoms. The van der Waals surface area contributed by atoms with E-state index in [1.165, 1.54) is 4.68 Å². The summed E-state index contributed by atoms with van der Waals surface area (Å²) in [6.07, 6.45) is 3.02. The van der Waals surface area contributed by atoms with Gasteiger partial charge in [0.2, 0.25) is 5.88 Å². The molecule has 152 valence electrons. The number of pyridine rings is 1. The molecule has 2 atom stereocenters. The van der Waals surface area contributed by atoms with E-state index in [-0.39, 0.29) is 5.56 Å². The third-order valence-electron chi connectivity index (χ3n) is 5.33. The van der Waals surface area contributed by atoms with Crippen LogP contribution >= 0.6 is 0 Å². The molecule has 8 nitrogen and oxygen atoms in total. The van der Waals surface area contributed by atoms with Crippen molar-refractivity contribution in [3.05, 3.63) is 63.5 Å². The van der Waals surface area contributed by atoms with Crippen LogP contribution in [0, 0.1) is 19.8 Å². The minimum Gasteiger partial charge on any atom is -0.476 e. The van der Waals surface area contributed by atoms with Gasteiger partial charge in [0.15, 0.2) is 0 Å². The Hall–Kier alpha value is -3.16. The molecule has 1 fully saturated rings. The maximum absolute atomic E-state index is 12.4. The van der Waals surface area contributed by atoms with Gasteiger partial charge in [-0.1, -0.05) is 6.07 Å². The molecule has 8 heteroatoms. The molecule has 4 rings (SSSR count). The lowest BCUT2D eigenvalue weighted by atomic mass is 10.2. The van der Waals surface area contributed by atoms with Crippen LogP contribution in [-0.4, -0.2) is 31.2 Å². The van der Waals surface area contributed by atoms with E-state index in [2.05, 4.69) is 26.6 Å². The monoisotopic (exact) mass is 394 g/mol. The first kappa shape index (κ1) is 19.2. The topological polar surface area (TPSA) is 86.9 Å². The van der Waals surface area contributed by atoms with Crippen LogP contribution in [0.4, 0.5) is 5.69 Å². The number of ether oxygens (including phenoxy) is 1. The number of nitrogens with one attached hydrogen (secondary N) is 1. The predicted molar refractivity (Wildman–Crippen MR) is 110 cm³/mol. The third-order valence-corrected chi connectivity index (χ3v) is 5.33. The smallest absolute Gasteiger partial charge is 0.290 e. The largest absolute Gasteiger partial charge is 0.476 e. The summed E-state index contributed by atoms with van der Waals surface area (Å²) in [7, 11) is 3.56. The highest BCUT2D eigenvalue weighted by Gasteiger charge is 2.40. The molecule has 1 unspecified atom stereocenters. The average molecular weight is 394 g/mol. The van der Waals surface area contributed by atoms with Crippen molar-refractivity contribution >= 4 is 5.69 Å². The number of rotatable bonds is 7. The molecular weight excluding hydrogens is 368 g/mol. The lowest BCUT2D eigenvalue weighted by Gasteiger charge is -2.12. The molecule has 0 aliphatic heterocycles. The number of hydrogen-bond acceptors (Lipinski definition) is 6. The Morgan fingerprint density at radius 3 is 2.76 bits per heavy atom. The SMILES string of the molecule is Cc1ccc(CNc2cc(OCC3C[C@H]3c3ccn(C)n3)nn(C)c2=O)c(C)n1. The molecule has 3 aromatic rings. The van der Waals surface area contributed by atoms with Crippen molar-refractivity contribution < 1.29 is 4.74 Å². The summed E-state index contributed by atoms with van der Waals surface area (Å²) in [5.74, 6) is 1.32. The Morgan fingerprint density at radius 2 is 2.03 bits per heavy atom. The van der Waals surface area contributed by atoms with Crippen LogP contribution in [0.1, 0.15) is 35.0 Å². The summed E-state index contributed by atoms with van der Waals surface area (Å²) in [4.78, 5) is 16.9. The van der Waals surface area contributed by atoms with E-state index < -0.39 is 0 Å². The quantitative estimate of drug-likeness (QED) is 0.662. The fourth-order valence-corrected chi connectivity index (χ4v) is 3.49. The maximum atomic E-state index is 12.4. The minimum absolute atomic E-state index is 0.187. The van der Waals surface area contributed by atoms with E-state index >= 15 is 0 Å². The fourth-order valence-electron chi connectivity index (χ4n) is 3.49. The molecule has 0 saturated heterocycles. The van der Waals surface area contributed by atoms with Gasteiger partial charge >= 0.3 is 0 Å². The van der Waals surface area contributed by atoms with Gasteiger partial charge in [0.1, 0.15) is 5.69 Å². The van der Waals surface area contributed by atoms with Gasteiger partial charge in [0.05, 0.1) is 12.3 Å². The van der Waals surface area contributed by atoms with Crippen molar-refractivity contribution in [2.24, 2.45) is 20.0 Å². The van der Waals surface area contributed by atoms with Crippen molar-refractivity contribution in [2.45, 2.75) is 32.7 Å². The first-order valence-corrected chi connectivity index (χ1v) is 9.78. The normalized spacial score (nSPS) is 17.9. The average Bonchev–Trinajstić information content (AvgIpc) is 3.33. The fraction of sp³-hybridized carbons (Fsp3) is 0.429. The Bertz CT molecular complexity index is 1090. The van der Waals surface area contributed by atoms with Gasteiger partial charge in [-0.2, -0.15) is 5.10 Å². The Kier molecular flexibility index (Phi) is 5.08.